The molecule has 3 saturated heterocycles. The second-order valence-corrected chi connectivity index (χ2v) is 14.4. The predicted octanol–water partition coefficient (Wildman–Crippen LogP) is 5.35. The molecule has 2 amide bonds. The van der Waals surface area contributed by atoms with E-state index in [1.165, 1.54) is 11.8 Å². The number of thioether (sulfide) groups is 1. The van der Waals surface area contributed by atoms with Crippen molar-refractivity contribution in [2.75, 3.05) is 24.7 Å². The van der Waals surface area contributed by atoms with Gasteiger partial charge in [0.25, 0.3) is 5.91 Å². The molecule has 228 valence electrons. The SMILES string of the molecule is C=CCCOC(=O)[C@H]1[C@@H]2SC3(CC2Br)C(C(=O)N(CC=C)c2c(C)cccc2Cl)N([C@@H](CO)Cc2ccccc2)C(=O)[C@H]13. The lowest BCUT2D eigenvalue weighted by atomic mass is 9.71. The van der Waals surface area contributed by atoms with Crippen molar-refractivity contribution in [3.05, 3.63) is 90.0 Å². The number of para-hydroxylation sites is 1. The monoisotopic (exact) mass is 686 g/mol. The zero-order valence-corrected chi connectivity index (χ0v) is 27.2. The summed E-state index contributed by atoms with van der Waals surface area (Å²) in [4.78, 5) is 46.2. The van der Waals surface area contributed by atoms with E-state index in [1.807, 2.05) is 49.4 Å². The Hall–Kier alpha value is -2.59. The lowest BCUT2D eigenvalue weighted by molar-refractivity contribution is -0.154. The first-order valence-electron chi connectivity index (χ1n) is 14.4. The van der Waals surface area contributed by atoms with Crippen molar-refractivity contribution >= 4 is 62.8 Å². The summed E-state index contributed by atoms with van der Waals surface area (Å²) in [5.41, 5.74) is 2.29. The van der Waals surface area contributed by atoms with Gasteiger partial charge in [-0.2, -0.15) is 0 Å². The molecule has 3 unspecified atom stereocenters. The van der Waals surface area contributed by atoms with Gasteiger partial charge in [0.2, 0.25) is 5.91 Å². The minimum absolute atomic E-state index is 0.106. The third kappa shape index (κ3) is 5.58. The number of aliphatic hydroxyl groups excluding tert-OH is 1. The van der Waals surface area contributed by atoms with Crippen molar-refractivity contribution in [2.45, 2.75) is 53.1 Å². The molecule has 0 aromatic heterocycles. The summed E-state index contributed by atoms with van der Waals surface area (Å²) in [7, 11) is 0. The summed E-state index contributed by atoms with van der Waals surface area (Å²) in [5, 5.41) is 10.9. The Kier molecular flexibility index (Phi) is 9.76. The summed E-state index contributed by atoms with van der Waals surface area (Å²) < 4.78 is 4.72. The molecule has 0 aliphatic carbocycles. The Morgan fingerprint density at radius 1 is 1.23 bits per heavy atom. The fraction of sp³-hybridized carbons (Fsp3) is 0.424. The van der Waals surface area contributed by atoms with Crippen molar-refractivity contribution in [2.24, 2.45) is 11.8 Å². The van der Waals surface area contributed by atoms with Crippen LogP contribution < -0.4 is 4.90 Å². The molecule has 2 aromatic rings. The maximum absolute atomic E-state index is 15.0. The van der Waals surface area contributed by atoms with Crippen LogP contribution in [0.5, 0.6) is 0 Å². The third-order valence-electron chi connectivity index (χ3n) is 8.75. The third-order valence-corrected chi connectivity index (χ3v) is 12.3. The molecule has 0 saturated carbocycles. The van der Waals surface area contributed by atoms with Crippen LogP contribution in [-0.2, 0) is 25.5 Å². The fourth-order valence-electron chi connectivity index (χ4n) is 7.02. The van der Waals surface area contributed by atoms with E-state index < -0.39 is 34.6 Å². The summed E-state index contributed by atoms with van der Waals surface area (Å²) in [6.07, 6.45) is 4.67. The number of amides is 2. The number of nitrogens with zero attached hydrogens (tertiary/aromatic N) is 2. The fourth-order valence-corrected chi connectivity index (χ4v) is 10.9. The van der Waals surface area contributed by atoms with Gasteiger partial charge in [-0.05, 0) is 43.4 Å². The number of carbonyl (C=O) groups excluding carboxylic acids is 3. The van der Waals surface area contributed by atoms with Crippen molar-refractivity contribution in [3.8, 4) is 0 Å². The van der Waals surface area contributed by atoms with Crippen LogP contribution in [-0.4, -0.2) is 74.5 Å². The lowest BCUT2D eigenvalue weighted by Gasteiger charge is -2.40. The zero-order valence-electron chi connectivity index (χ0n) is 24.0. The highest BCUT2D eigenvalue weighted by Gasteiger charge is 2.76. The number of esters is 1. The van der Waals surface area contributed by atoms with E-state index in [0.717, 1.165) is 11.1 Å². The Balaban J connectivity index is 1.63. The summed E-state index contributed by atoms with van der Waals surface area (Å²) in [5.74, 6) is -2.56. The minimum atomic E-state index is -0.956. The van der Waals surface area contributed by atoms with E-state index in [4.69, 9.17) is 16.3 Å². The quantitative estimate of drug-likeness (QED) is 0.140. The van der Waals surface area contributed by atoms with Gasteiger partial charge in [0, 0.05) is 16.6 Å². The predicted molar refractivity (Wildman–Crippen MR) is 175 cm³/mol. The standard InChI is InChI=1S/C33H36BrClN2O5S/c1-4-6-16-42-32(41)25-26-30(39)37(22(19-38)17-21-12-8-7-9-13-21)29(33(26)18-23(34)28(25)43-33)31(40)36(15-5-2)27-20(3)11-10-14-24(27)35/h4-5,7-14,22-23,25-26,28-29,38H,1-2,6,15-19H2,3H3/t22-,23?,25-,26+,28-,29?,33?/m1/s1. The Bertz CT molecular complexity index is 1390. The molecule has 3 aliphatic rings. The number of ether oxygens (including phenoxy) is 1. The van der Waals surface area contributed by atoms with Crippen LogP contribution >= 0.6 is 39.3 Å². The van der Waals surface area contributed by atoms with Gasteiger partial charge in [-0.15, -0.1) is 24.9 Å². The number of alkyl halides is 1. The van der Waals surface area contributed by atoms with Crippen LogP contribution in [0.4, 0.5) is 5.69 Å². The normalized spacial score (nSPS) is 28.0. The number of hydrogen-bond donors (Lipinski definition) is 1. The first kappa shape index (κ1) is 31.8. The summed E-state index contributed by atoms with van der Waals surface area (Å²) in [6, 6.07) is 13.4. The number of rotatable bonds is 12. The van der Waals surface area contributed by atoms with Crippen molar-refractivity contribution < 1.29 is 24.2 Å². The molecule has 3 aliphatic heterocycles. The minimum Gasteiger partial charge on any atom is -0.465 e. The largest absolute Gasteiger partial charge is 0.465 e. The highest BCUT2D eigenvalue weighted by molar-refractivity contribution is 9.09. The molecule has 2 aromatic carbocycles. The number of hydrogen-bond acceptors (Lipinski definition) is 6. The molecule has 0 radical (unpaired) electrons. The molecule has 10 heteroatoms. The van der Waals surface area contributed by atoms with E-state index in [9.17, 15) is 19.5 Å². The topological polar surface area (TPSA) is 87.2 Å². The van der Waals surface area contributed by atoms with E-state index in [2.05, 4.69) is 29.1 Å². The summed E-state index contributed by atoms with van der Waals surface area (Å²) >= 11 is 12.0. The van der Waals surface area contributed by atoms with E-state index in [0.29, 0.717) is 30.0 Å². The first-order valence-corrected chi connectivity index (χ1v) is 16.6. The van der Waals surface area contributed by atoms with Gasteiger partial charge in [-0.25, -0.2) is 0 Å². The molecule has 1 spiro atoms. The first-order chi connectivity index (χ1) is 20.7. The lowest BCUT2D eigenvalue weighted by Crippen LogP contribution is -2.58. The number of aryl methyl sites for hydroxylation is 1. The molecule has 2 bridgehead atoms. The number of aliphatic hydroxyl groups is 1. The molecular formula is C33H36BrClN2O5S. The molecule has 1 N–H and O–H groups in total. The van der Waals surface area contributed by atoms with Crippen LogP contribution in [0.25, 0.3) is 0 Å². The van der Waals surface area contributed by atoms with Crippen LogP contribution in [0.1, 0.15) is 24.0 Å². The second-order valence-electron chi connectivity index (χ2n) is 11.3. The average Bonchev–Trinajstić information content (AvgIpc) is 3.59. The molecular weight excluding hydrogens is 652 g/mol. The van der Waals surface area contributed by atoms with Crippen LogP contribution in [0.2, 0.25) is 5.02 Å². The van der Waals surface area contributed by atoms with Gasteiger partial charge in [0.1, 0.15) is 6.04 Å². The zero-order chi connectivity index (χ0) is 30.9. The van der Waals surface area contributed by atoms with Gasteiger partial charge in [0.15, 0.2) is 0 Å². The van der Waals surface area contributed by atoms with E-state index in [1.54, 1.807) is 28.0 Å². The molecule has 5 rings (SSSR count). The summed E-state index contributed by atoms with van der Waals surface area (Å²) in [6.45, 7) is 9.47. The van der Waals surface area contributed by atoms with Crippen LogP contribution in [0.15, 0.2) is 73.8 Å². The van der Waals surface area contributed by atoms with Crippen molar-refractivity contribution in [3.63, 3.8) is 0 Å². The molecule has 3 heterocycles. The number of carbonyl (C=O) groups is 3. The molecule has 7 atom stereocenters. The Labute approximate surface area is 270 Å². The number of likely N-dealkylation sites (tertiary alicyclic amines) is 1. The second kappa shape index (κ2) is 13.2. The number of benzene rings is 2. The van der Waals surface area contributed by atoms with E-state index >= 15 is 0 Å². The molecule has 43 heavy (non-hydrogen) atoms. The molecule has 7 nitrogen and oxygen atoms in total. The van der Waals surface area contributed by atoms with Crippen molar-refractivity contribution in [1.29, 1.82) is 0 Å². The highest BCUT2D eigenvalue weighted by Crippen LogP contribution is 2.68. The van der Waals surface area contributed by atoms with Gasteiger partial charge >= 0.3 is 5.97 Å². The van der Waals surface area contributed by atoms with Gasteiger partial charge in [-0.3, -0.25) is 14.4 Å². The number of anilines is 1. The van der Waals surface area contributed by atoms with Crippen LogP contribution in [0, 0.1) is 18.8 Å². The maximum atomic E-state index is 15.0. The number of fused-ring (bicyclic) bond motifs is 1. The smallest absolute Gasteiger partial charge is 0.310 e. The van der Waals surface area contributed by atoms with E-state index in [-0.39, 0.29) is 41.6 Å². The van der Waals surface area contributed by atoms with Crippen molar-refractivity contribution in [1.82, 2.24) is 4.90 Å². The van der Waals surface area contributed by atoms with Gasteiger partial charge < -0.3 is 19.6 Å². The molecule has 3 fully saturated rings. The highest BCUT2D eigenvalue weighted by atomic mass is 79.9. The van der Waals surface area contributed by atoms with Gasteiger partial charge in [0.05, 0.1) is 46.5 Å². The maximum Gasteiger partial charge on any atom is 0.310 e. The average molecular weight is 688 g/mol. The van der Waals surface area contributed by atoms with Gasteiger partial charge in [-0.1, -0.05) is 82.1 Å². The Morgan fingerprint density at radius 2 is 1.98 bits per heavy atom. The van der Waals surface area contributed by atoms with Crippen LogP contribution in [0.3, 0.4) is 0 Å². The number of halogens is 2. The Morgan fingerprint density at radius 3 is 2.63 bits per heavy atom.